The van der Waals surface area contributed by atoms with E-state index in [1.807, 2.05) is 6.07 Å². The number of benzene rings is 1. The van der Waals surface area contributed by atoms with Crippen molar-refractivity contribution < 1.29 is 4.74 Å². The van der Waals surface area contributed by atoms with E-state index in [1.54, 1.807) is 6.08 Å². The van der Waals surface area contributed by atoms with Gasteiger partial charge in [-0.3, -0.25) is 0 Å². The monoisotopic (exact) mass is 205 g/mol. The van der Waals surface area contributed by atoms with Gasteiger partial charge in [0.05, 0.1) is 5.69 Å². The molecule has 1 rings (SSSR count). The van der Waals surface area contributed by atoms with Crippen molar-refractivity contribution in [3.05, 3.63) is 35.9 Å². The average Bonchev–Trinajstić information content (AvgIpc) is 2.27. The van der Waals surface area contributed by atoms with Crippen LogP contribution < -0.4 is 10.5 Å². The molecule has 15 heavy (non-hydrogen) atoms. The molecule has 2 nitrogen and oxygen atoms in total. The van der Waals surface area contributed by atoms with E-state index in [1.165, 1.54) is 11.1 Å². The Kier molecular flexibility index (Phi) is 4.22. The van der Waals surface area contributed by atoms with Gasteiger partial charge in [0.25, 0.3) is 0 Å². The van der Waals surface area contributed by atoms with Crippen molar-refractivity contribution in [3.8, 4) is 5.75 Å². The summed E-state index contributed by atoms with van der Waals surface area (Å²) in [6, 6.07) is 4.03. The number of anilines is 1. The molecular weight excluding hydrogens is 186 g/mol. The van der Waals surface area contributed by atoms with Gasteiger partial charge in [-0.2, -0.15) is 0 Å². The van der Waals surface area contributed by atoms with Gasteiger partial charge in [-0.05, 0) is 30.0 Å². The zero-order valence-electron chi connectivity index (χ0n) is 9.55. The standard InChI is InChI=1S/C13H19NO/c1-4-9-15-12-8-7-10(5-2)11(6-3)13(12)14/h4,7-8H,1,5-6,9,14H2,2-3H3. The summed E-state index contributed by atoms with van der Waals surface area (Å²) >= 11 is 0. The number of hydrogen-bond donors (Lipinski definition) is 1. The predicted molar refractivity (Wildman–Crippen MR) is 65.3 cm³/mol. The molecule has 0 saturated carbocycles. The number of nitrogens with two attached hydrogens (primary N) is 1. The summed E-state index contributed by atoms with van der Waals surface area (Å²) in [5, 5.41) is 0. The van der Waals surface area contributed by atoms with Gasteiger partial charge in [-0.15, -0.1) is 0 Å². The zero-order chi connectivity index (χ0) is 11.3. The molecule has 1 aromatic rings. The topological polar surface area (TPSA) is 35.2 Å². The van der Waals surface area contributed by atoms with Crippen molar-refractivity contribution in [2.75, 3.05) is 12.3 Å². The lowest BCUT2D eigenvalue weighted by Gasteiger charge is -2.14. The Morgan fingerprint density at radius 3 is 2.60 bits per heavy atom. The Bertz CT molecular complexity index is 345. The molecule has 0 radical (unpaired) electrons. The molecule has 2 heteroatoms. The maximum Gasteiger partial charge on any atom is 0.142 e. The van der Waals surface area contributed by atoms with Gasteiger partial charge in [0.15, 0.2) is 0 Å². The van der Waals surface area contributed by atoms with Gasteiger partial charge in [0, 0.05) is 0 Å². The molecule has 0 aromatic heterocycles. The molecule has 0 amide bonds. The normalized spacial score (nSPS) is 10.0. The molecule has 1 aromatic carbocycles. The first-order valence-corrected chi connectivity index (χ1v) is 5.38. The Labute approximate surface area is 91.7 Å². The van der Waals surface area contributed by atoms with E-state index < -0.39 is 0 Å². The van der Waals surface area contributed by atoms with Gasteiger partial charge in [0.1, 0.15) is 12.4 Å². The third kappa shape index (κ3) is 2.52. The Hall–Kier alpha value is -1.44. The van der Waals surface area contributed by atoms with Crippen molar-refractivity contribution in [2.45, 2.75) is 26.7 Å². The molecule has 0 unspecified atom stereocenters. The fraction of sp³-hybridized carbons (Fsp3) is 0.385. The summed E-state index contributed by atoms with van der Waals surface area (Å²) in [5.74, 6) is 0.768. The van der Waals surface area contributed by atoms with Crippen LogP contribution in [0.25, 0.3) is 0 Å². The zero-order valence-corrected chi connectivity index (χ0v) is 9.55. The van der Waals surface area contributed by atoms with Gasteiger partial charge >= 0.3 is 0 Å². The third-order valence-corrected chi connectivity index (χ3v) is 2.51. The quantitative estimate of drug-likeness (QED) is 0.592. The molecule has 0 bridgehead atoms. The van der Waals surface area contributed by atoms with Crippen LogP contribution in [-0.4, -0.2) is 6.61 Å². The van der Waals surface area contributed by atoms with Crippen LogP contribution in [0.3, 0.4) is 0 Å². The van der Waals surface area contributed by atoms with Crippen molar-refractivity contribution in [1.29, 1.82) is 0 Å². The minimum absolute atomic E-state index is 0.499. The third-order valence-electron chi connectivity index (χ3n) is 2.51. The first-order valence-electron chi connectivity index (χ1n) is 5.38. The van der Waals surface area contributed by atoms with Crippen molar-refractivity contribution >= 4 is 5.69 Å². The maximum atomic E-state index is 6.05. The van der Waals surface area contributed by atoms with Crippen LogP contribution >= 0.6 is 0 Å². The number of rotatable bonds is 5. The van der Waals surface area contributed by atoms with Gasteiger partial charge in [-0.1, -0.05) is 32.6 Å². The highest BCUT2D eigenvalue weighted by molar-refractivity contribution is 5.61. The lowest BCUT2D eigenvalue weighted by molar-refractivity contribution is 0.365. The van der Waals surface area contributed by atoms with Gasteiger partial charge in [0.2, 0.25) is 0 Å². The highest BCUT2D eigenvalue weighted by atomic mass is 16.5. The first-order chi connectivity index (χ1) is 7.24. The van der Waals surface area contributed by atoms with E-state index in [-0.39, 0.29) is 0 Å². The average molecular weight is 205 g/mol. The number of hydrogen-bond acceptors (Lipinski definition) is 2. The second kappa shape index (κ2) is 5.44. The molecule has 2 N–H and O–H groups in total. The molecule has 0 aliphatic heterocycles. The minimum atomic E-state index is 0.499. The maximum absolute atomic E-state index is 6.05. The van der Waals surface area contributed by atoms with Gasteiger partial charge in [-0.25, -0.2) is 0 Å². The smallest absolute Gasteiger partial charge is 0.142 e. The lowest BCUT2D eigenvalue weighted by atomic mass is 10.0. The Morgan fingerprint density at radius 1 is 1.33 bits per heavy atom. The summed E-state index contributed by atoms with van der Waals surface area (Å²) in [5.41, 5.74) is 9.34. The van der Waals surface area contributed by atoms with Crippen LogP contribution in [0.4, 0.5) is 5.69 Å². The van der Waals surface area contributed by atoms with Crippen LogP contribution in [-0.2, 0) is 12.8 Å². The second-order valence-corrected chi connectivity index (χ2v) is 3.42. The van der Waals surface area contributed by atoms with Gasteiger partial charge < -0.3 is 10.5 Å². The molecule has 0 spiro atoms. The summed E-state index contributed by atoms with van der Waals surface area (Å²) < 4.78 is 5.48. The van der Waals surface area contributed by atoms with E-state index in [4.69, 9.17) is 10.5 Å². The van der Waals surface area contributed by atoms with Crippen LogP contribution in [0.15, 0.2) is 24.8 Å². The van der Waals surface area contributed by atoms with Crippen molar-refractivity contribution in [2.24, 2.45) is 0 Å². The predicted octanol–water partition coefficient (Wildman–Crippen LogP) is 2.96. The minimum Gasteiger partial charge on any atom is -0.487 e. The molecule has 0 saturated heterocycles. The molecule has 0 fully saturated rings. The van der Waals surface area contributed by atoms with Crippen LogP contribution in [0, 0.1) is 0 Å². The molecule has 0 aliphatic carbocycles. The van der Waals surface area contributed by atoms with Crippen molar-refractivity contribution in [1.82, 2.24) is 0 Å². The summed E-state index contributed by atoms with van der Waals surface area (Å²) in [6.45, 7) is 8.37. The molecule has 82 valence electrons. The van der Waals surface area contributed by atoms with Crippen LogP contribution in [0.2, 0.25) is 0 Å². The number of nitrogen functional groups attached to an aromatic ring is 1. The Morgan fingerprint density at radius 2 is 2.07 bits per heavy atom. The fourth-order valence-electron chi connectivity index (χ4n) is 1.71. The molecule has 0 aliphatic rings. The largest absolute Gasteiger partial charge is 0.487 e. The van der Waals surface area contributed by atoms with Crippen molar-refractivity contribution in [3.63, 3.8) is 0 Å². The molecule has 0 atom stereocenters. The molecular formula is C13H19NO. The van der Waals surface area contributed by atoms with E-state index >= 15 is 0 Å². The number of ether oxygens (including phenoxy) is 1. The lowest BCUT2D eigenvalue weighted by Crippen LogP contribution is -2.03. The van der Waals surface area contributed by atoms with Crippen LogP contribution in [0.1, 0.15) is 25.0 Å². The second-order valence-electron chi connectivity index (χ2n) is 3.42. The first kappa shape index (κ1) is 11.6. The summed E-state index contributed by atoms with van der Waals surface area (Å²) in [6.07, 6.45) is 3.67. The van der Waals surface area contributed by atoms with E-state index in [9.17, 15) is 0 Å². The highest BCUT2D eigenvalue weighted by Crippen LogP contribution is 2.29. The van der Waals surface area contributed by atoms with E-state index in [0.29, 0.717) is 6.61 Å². The summed E-state index contributed by atoms with van der Waals surface area (Å²) in [7, 11) is 0. The molecule has 0 heterocycles. The SMILES string of the molecule is C=CCOc1ccc(CC)c(CC)c1N. The summed E-state index contributed by atoms with van der Waals surface area (Å²) in [4.78, 5) is 0. The number of aryl methyl sites for hydroxylation is 1. The highest BCUT2D eigenvalue weighted by Gasteiger charge is 2.08. The van der Waals surface area contributed by atoms with Crippen LogP contribution in [0.5, 0.6) is 5.75 Å². The Balaban J connectivity index is 3.05. The fourth-order valence-corrected chi connectivity index (χ4v) is 1.71. The van der Waals surface area contributed by atoms with E-state index in [2.05, 4.69) is 26.5 Å². The van der Waals surface area contributed by atoms with E-state index in [0.717, 1.165) is 24.3 Å².